The van der Waals surface area contributed by atoms with E-state index in [1.54, 1.807) is 12.1 Å². The minimum atomic E-state index is -1.07. The number of nitrogens with one attached hydrogen (secondary N) is 2. The van der Waals surface area contributed by atoms with Crippen LogP contribution < -0.4 is 15.6 Å². The van der Waals surface area contributed by atoms with Gasteiger partial charge in [-0.05, 0) is 37.1 Å². The summed E-state index contributed by atoms with van der Waals surface area (Å²) >= 11 is 0. The van der Waals surface area contributed by atoms with E-state index in [4.69, 9.17) is 9.84 Å². The van der Waals surface area contributed by atoms with Crippen molar-refractivity contribution in [2.45, 2.75) is 26.7 Å². The second-order valence-electron chi connectivity index (χ2n) is 4.60. The van der Waals surface area contributed by atoms with Crippen molar-refractivity contribution in [3.8, 4) is 5.75 Å². The number of amides is 2. The van der Waals surface area contributed by atoms with E-state index in [-0.39, 0.29) is 19.4 Å². The molecule has 0 bridgehead atoms. The van der Waals surface area contributed by atoms with Gasteiger partial charge in [0.15, 0.2) is 6.61 Å². The lowest BCUT2D eigenvalue weighted by Gasteiger charge is -2.09. The zero-order chi connectivity index (χ0) is 15.8. The van der Waals surface area contributed by atoms with Gasteiger partial charge in [0.1, 0.15) is 5.75 Å². The highest BCUT2D eigenvalue weighted by Gasteiger charge is 2.07. The van der Waals surface area contributed by atoms with Gasteiger partial charge >= 0.3 is 5.97 Å². The highest BCUT2D eigenvalue weighted by Crippen LogP contribution is 2.15. The van der Waals surface area contributed by atoms with Gasteiger partial charge in [-0.25, -0.2) is 0 Å². The Hall–Kier alpha value is -2.57. The minimum Gasteiger partial charge on any atom is -0.484 e. The van der Waals surface area contributed by atoms with Crippen molar-refractivity contribution in [3.05, 3.63) is 29.3 Å². The lowest BCUT2D eigenvalue weighted by atomic mass is 10.1. The van der Waals surface area contributed by atoms with Crippen LogP contribution >= 0.6 is 0 Å². The van der Waals surface area contributed by atoms with E-state index in [0.29, 0.717) is 5.75 Å². The molecular weight excluding hydrogens is 276 g/mol. The van der Waals surface area contributed by atoms with Crippen LogP contribution in [0, 0.1) is 13.8 Å². The summed E-state index contributed by atoms with van der Waals surface area (Å²) < 4.78 is 5.30. The molecule has 3 N–H and O–H groups in total. The third-order valence-electron chi connectivity index (χ3n) is 2.47. The molecule has 1 aromatic rings. The average molecular weight is 294 g/mol. The van der Waals surface area contributed by atoms with Crippen molar-refractivity contribution in [3.63, 3.8) is 0 Å². The number of ether oxygens (including phenoxy) is 1. The maximum Gasteiger partial charge on any atom is 0.303 e. The maximum atomic E-state index is 11.5. The molecule has 0 radical (unpaired) electrons. The summed E-state index contributed by atoms with van der Waals surface area (Å²) in [5.74, 6) is -1.61. The Balaban J connectivity index is 2.31. The third kappa shape index (κ3) is 6.95. The van der Waals surface area contributed by atoms with Gasteiger partial charge in [0.25, 0.3) is 5.91 Å². The van der Waals surface area contributed by atoms with Crippen LogP contribution in [0.15, 0.2) is 18.2 Å². The van der Waals surface area contributed by atoms with E-state index in [9.17, 15) is 14.4 Å². The summed E-state index contributed by atoms with van der Waals surface area (Å²) in [6.07, 6.45) is -0.492. The minimum absolute atomic E-state index is 0.201. The van der Waals surface area contributed by atoms with Crippen LogP contribution in [0.5, 0.6) is 5.75 Å². The standard InChI is InChI=1S/C14H18N2O5/c1-9-5-10(2)7-11(6-9)21-8-13(18)16-15-12(17)3-4-14(19)20/h5-7H,3-4,8H2,1-2H3,(H,15,17)(H,16,18)(H,19,20). The van der Waals surface area contributed by atoms with Crippen molar-refractivity contribution in [1.29, 1.82) is 0 Å². The van der Waals surface area contributed by atoms with Gasteiger partial charge in [0.05, 0.1) is 6.42 Å². The van der Waals surface area contributed by atoms with Gasteiger partial charge in [-0.3, -0.25) is 25.2 Å². The van der Waals surface area contributed by atoms with Crippen LogP contribution in [0.2, 0.25) is 0 Å². The molecule has 0 spiro atoms. The molecule has 7 nitrogen and oxygen atoms in total. The van der Waals surface area contributed by atoms with Gasteiger partial charge in [-0.1, -0.05) is 6.07 Å². The van der Waals surface area contributed by atoms with Crippen molar-refractivity contribution in [1.82, 2.24) is 10.9 Å². The first-order valence-corrected chi connectivity index (χ1v) is 6.37. The molecule has 0 fully saturated rings. The highest BCUT2D eigenvalue weighted by molar-refractivity contribution is 5.84. The maximum absolute atomic E-state index is 11.5. The molecule has 0 saturated heterocycles. The summed E-state index contributed by atoms with van der Waals surface area (Å²) in [6.45, 7) is 3.59. The number of hydrogen-bond donors (Lipinski definition) is 3. The summed E-state index contributed by atoms with van der Waals surface area (Å²) in [7, 11) is 0. The molecule has 0 aliphatic rings. The molecule has 0 aliphatic heterocycles. The number of hydrogen-bond acceptors (Lipinski definition) is 4. The number of carbonyl (C=O) groups is 3. The largest absolute Gasteiger partial charge is 0.484 e. The first-order chi connectivity index (χ1) is 9.86. The molecule has 0 unspecified atom stereocenters. The van der Waals surface area contributed by atoms with Crippen LogP contribution in [0.4, 0.5) is 0 Å². The normalized spacial score (nSPS) is 9.81. The van der Waals surface area contributed by atoms with Gasteiger partial charge in [-0.2, -0.15) is 0 Å². The zero-order valence-corrected chi connectivity index (χ0v) is 11.9. The molecule has 0 heterocycles. The predicted octanol–water partition coefficient (Wildman–Crippen LogP) is 0.694. The predicted molar refractivity (Wildman–Crippen MR) is 74.6 cm³/mol. The molecule has 114 valence electrons. The summed E-state index contributed by atoms with van der Waals surface area (Å²) in [5.41, 5.74) is 6.31. The summed E-state index contributed by atoms with van der Waals surface area (Å²) in [4.78, 5) is 32.9. The van der Waals surface area contributed by atoms with E-state index >= 15 is 0 Å². The van der Waals surface area contributed by atoms with Crippen molar-refractivity contribution >= 4 is 17.8 Å². The van der Waals surface area contributed by atoms with E-state index in [1.807, 2.05) is 19.9 Å². The molecule has 1 aromatic carbocycles. The summed E-state index contributed by atoms with van der Waals surface area (Å²) in [5, 5.41) is 8.41. The smallest absolute Gasteiger partial charge is 0.303 e. The summed E-state index contributed by atoms with van der Waals surface area (Å²) in [6, 6.07) is 5.58. The van der Waals surface area contributed by atoms with Crippen LogP contribution in [0.1, 0.15) is 24.0 Å². The Labute approximate surface area is 122 Å². The number of benzene rings is 1. The van der Waals surface area contributed by atoms with Gasteiger partial charge in [0, 0.05) is 6.42 Å². The number of carboxylic acids is 1. The van der Waals surface area contributed by atoms with E-state index in [0.717, 1.165) is 11.1 Å². The molecule has 1 rings (SSSR count). The number of rotatable bonds is 6. The number of carboxylic acid groups (broad SMARTS) is 1. The van der Waals surface area contributed by atoms with Crippen molar-refractivity contribution in [2.75, 3.05) is 6.61 Å². The SMILES string of the molecule is Cc1cc(C)cc(OCC(=O)NNC(=O)CCC(=O)O)c1. The average Bonchev–Trinajstić information content (AvgIpc) is 2.39. The van der Waals surface area contributed by atoms with Crippen LogP contribution in [0.3, 0.4) is 0 Å². The van der Waals surface area contributed by atoms with Gasteiger partial charge in [0.2, 0.25) is 5.91 Å². The molecule has 21 heavy (non-hydrogen) atoms. The fraction of sp³-hybridized carbons (Fsp3) is 0.357. The van der Waals surface area contributed by atoms with Crippen molar-refractivity contribution < 1.29 is 24.2 Å². The fourth-order valence-corrected chi connectivity index (χ4v) is 1.62. The number of aliphatic carboxylic acids is 1. The van der Waals surface area contributed by atoms with Gasteiger partial charge < -0.3 is 9.84 Å². The first-order valence-electron chi connectivity index (χ1n) is 6.37. The Morgan fingerprint density at radius 3 is 2.14 bits per heavy atom. The number of carbonyl (C=O) groups excluding carboxylic acids is 2. The molecule has 7 heteroatoms. The Morgan fingerprint density at radius 1 is 1.00 bits per heavy atom. The van der Waals surface area contributed by atoms with Crippen molar-refractivity contribution in [2.24, 2.45) is 0 Å². The fourth-order valence-electron chi connectivity index (χ4n) is 1.62. The molecule has 0 saturated carbocycles. The van der Waals surface area contributed by atoms with Crippen LogP contribution in [-0.2, 0) is 14.4 Å². The highest BCUT2D eigenvalue weighted by atomic mass is 16.5. The van der Waals surface area contributed by atoms with Crippen LogP contribution in [-0.4, -0.2) is 29.5 Å². The molecule has 0 atom stereocenters. The van der Waals surface area contributed by atoms with Gasteiger partial charge in [-0.15, -0.1) is 0 Å². The second kappa shape index (κ2) is 7.88. The Morgan fingerprint density at radius 2 is 1.57 bits per heavy atom. The Bertz CT molecular complexity index is 522. The first kappa shape index (κ1) is 16.5. The molecule has 0 aromatic heterocycles. The zero-order valence-electron chi connectivity index (χ0n) is 11.9. The molecular formula is C14H18N2O5. The number of hydrazine groups is 1. The second-order valence-corrected chi connectivity index (χ2v) is 4.60. The lowest BCUT2D eigenvalue weighted by molar-refractivity contribution is -0.139. The molecule has 2 amide bonds. The quantitative estimate of drug-likeness (QED) is 0.670. The van der Waals surface area contributed by atoms with E-state index in [1.165, 1.54) is 0 Å². The third-order valence-corrected chi connectivity index (χ3v) is 2.47. The molecule has 0 aliphatic carbocycles. The van der Waals surface area contributed by atoms with Crippen LogP contribution in [0.25, 0.3) is 0 Å². The Kier molecular flexibility index (Phi) is 6.19. The lowest BCUT2D eigenvalue weighted by Crippen LogP contribution is -2.43. The monoisotopic (exact) mass is 294 g/mol. The number of aryl methyl sites for hydroxylation is 2. The topological polar surface area (TPSA) is 105 Å². The van der Waals surface area contributed by atoms with E-state index in [2.05, 4.69) is 10.9 Å². The van der Waals surface area contributed by atoms with E-state index < -0.39 is 17.8 Å².